The monoisotopic (exact) mass is 603 g/mol. The third-order valence-electron chi connectivity index (χ3n) is 6.70. The number of carbonyl (C=O) groups is 2. The van der Waals surface area contributed by atoms with Crippen molar-refractivity contribution >= 4 is 50.7 Å². The van der Waals surface area contributed by atoms with E-state index >= 15 is 0 Å². The zero-order valence-corrected chi connectivity index (χ0v) is 24.7. The van der Waals surface area contributed by atoms with Gasteiger partial charge in [-0.05, 0) is 54.3 Å². The highest BCUT2D eigenvalue weighted by Gasteiger charge is 2.27. The van der Waals surface area contributed by atoms with Crippen LogP contribution in [0.15, 0.2) is 76.9 Å². The molecule has 1 atom stereocenters. The van der Waals surface area contributed by atoms with Crippen LogP contribution in [0, 0.1) is 0 Å². The number of fused-ring (bicyclic) bond motifs is 1. The van der Waals surface area contributed by atoms with Gasteiger partial charge in [0.25, 0.3) is 11.5 Å². The van der Waals surface area contributed by atoms with E-state index < -0.39 is 18.0 Å². The average Bonchev–Trinajstić information content (AvgIpc) is 3.47. The van der Waals surface area contributed by atoms with E-state index in [0.29, 0.717) is 49.2 Å². The molecule has 0 saturated heterocycles. The summed E-state index contributed by atoms with van der Waals surface area (Å²) in [6.07, 6.45) is -1.19. The second-order valence-electron chi connectivity index (χ2n) is 9.28. The van der Waals surface area contributed by atoms with Crippen molar-refractivity contribution in [2.24, 2.45) is 7.05 Å². The molecule has 0 saturated carbocycles. The Morgan fingerprint density at radius 3 is 2.31 bits per heavy atom. The van der Waals surface area contributed by atoms with Crippen LogP contribution in [0.25, 0.3) is 33.2 Å². The first-order valence-corrected chi connectivity index (χ1v) is 14.0. The Morgan fingerprint density at radius 2 is 1.62 bits per heavy atom. The number of anilines is 1. The van der Waals surface area contributed by atoms with E-state index in [1.807, 2.05) is 6.07 Å². The van der Waals surface area contributed by atoms with Gasteiger partial charge in [0.15, 0.2) is 22.7 Å². The average molecular weight is 604 g/mol. The molecule has 0 fully saturated rings. The first kappa shape index (κ1) is 28.8. The topological polar surface area (TPSA) is 109 Å². The predicted octanol–water partition coefficient (Wildman–Crippen LogP) is 6.18. The lowest BCUT2D eigenvalue weighted by atomic mass is 9.96. The van der Waals surface area contributed by atoms with Gasteiger partial charge in [-0.15, -0.1) is 11.3 Å². The van der Waals surface area contributed by atoms with Crippen LogP contribution in [-0.2, 0) is 16.6 Å². The summed E-state index contributed by atoms with van der Waals surface area (Å²) in [6.45, 7) is 1.46. The van der Waals surface area contributed by atoms with Gasteiger partial charge in [-0.25, -0.2) is 9.78 Å². The molecule has 5 rings (SSSR count). The summed E-state index contributed by atoms with van der Waals surface area (Å²) in [6, 6.07) is 19.3. The number of esters is 1. The maximum Gasteiger partial charge on any atom is 0.356 e. The van der Waals surface area contributed by atoms with Crippen molar-refractivity contribution in [2.45, 2.75) is 13.0 Å². The van der Waals surface area contributed by atoms with Crippen molar-refractivity contribution in [3.05, 3.63) is 93.2 Å². The van der Waals surface area contributed by atoms with Crippen LogP contribution in [0.3, 0.4) is 0 Å². The number of hydrogen-bond donors (Lipinski definition) is 1. The molecule has 11 heteroatoms. The first-order chi connectivity index (χ1) is 20.2. The van der Waals surface area contributed by atoms with Crippen LogP contribution < -0.4 is 20.3 Å². The van der Waals surface area contributed by atoms with Gasteiger partial charge in [-0.3, -0.25) is 14.9 Å². The Hall–Kier alpha value is -4.67. The van der Waals surface area contributed by atoms with Crippen LogP contribution in [0.5, 0.6) is 11.5 Å². The number of rotatable bonds is 8. The quantitative estimate of drug-likeness (QED) is 0.211. The number of carbonyl (C=O) groups excluding carboxylic acids is 2. The predicted molar refractivity (Wildman–Crippen MR) is 164 cm³/mol. The lowest BCUT2D eigenvalue weighted by Crippen LogP contribution is -2.32. The Morgan fingerprint density at radius 1 is 0.952 bits per heavy atom. The third-order valence-corrected chi connectivity index (χ3v) is 7.71. The van der Waals surface area contributed by atoms with Crippen LogP contribution in [-0.4, -0.2) is 41.8 Å². The molecular formula is C31H26ClN3O6S. The number of benzene rings is 3. The van der Waals surface area contributed by atoms with Crippen molar-refractivity contribution in [3.8, 4) is 33.9 Å². The van der Waals surface area contributed by atoms with Gasteiger partial charge in [-0.1, -0.05) is 41.9 Å². The second-order valence-corrected chi connectivity index (χ2v) is 10.6. The first-order valence-electron chi connectivity index (χ1n) is 12.8. The van der Waals surface area contributed by atoms with Crippen molar-refractivity contribution in [1.29, 1.82) is 0 Å². The summed E-state index contributed by atoms with van der Waals surface area (Å²) in [5.41, 5.74) is 2.22. The van der Waals surface area contributed by atoms with E-state index in [-0.39, 0.29) is 11.3 Å². The van der Waals surface area contributed by atoms with Crippen molar-refractivity contribution in [3.63, 3.8) is 0 Å². The number of thiazole rings is 1. The van der Waals surface area contributed by atoms with E-state index in [1.165, 1.54) is 29.9 Å². The van der Waals surface area contributed by atoms with E-state index in [0.717, 1.165) is 5.56 Å². The standard InChI is InChI=1S/C31H26ClN3O6S/c1-17(28(36)34-31-33-23(16-42-31)19-11-14-24(39-3)25(15-19)40-4)41-30(38)27-26(18-9-12-20(32)13-10-18)21-7-5-6-8-22(21)29(37)35(27)2/h5-17H,1-4H3,(H,33,34,36). The molecule has 214 valence electrons. The number of halogens is 1. The van der Waals surface area contributed by atoms with E-state index in [2.05, 4.69) is 10.3 Å². The fraction of sp³-hybridized carbons (Fsp3) is 0.161. The highest BCUT2D eigenvalue weighted by Crippen LogP contribution is 2.34. The largest absolute Gasteiger partial charge is 0.493 e. The Balaban J connectivity index is 1.40. The molecule has 1 amide bonds. The molecule has 1 unspecified atom stereocenters. The van der Waals surface area contributed by atoms with Crippen LogP contribution in [0.4, 0.5) is 5.13 Å². The molecule has 0 radical (unpaired) electrons. The van der Waals surface area contributed by atoms with Gasteiger partial charge in [0, 0.05) is 34.0 Å². The lowest BCUT2D eigenvalue weighted by molar-refractivity contribution is -0.123. The van der Waals surface area contributed by atoms with E-state index in [4.69, 9.17) is 25.8 Å². The minimum atomic E-state index is -1.19. The molecular weight excluding hydrogens is 578 g/mol. The molecule has 2 aromatic heterocycles. The van der Waals surface area contributed by atoms with Gasteiger partial charge in [0.1, 0.15) is 5.69 Å². The van der Waals surface area contributed by atoms with Crippen LogP contribution >= 0.6 is 22.9 Å². The third kappa shape index (κ3) is 5.59. The van der Waals surface area contributed by atoms with Gasteiger partial charge >= 0.3 is 5.97 Å². The fourth-order valence-corrected chi connectivity index (χ4v) is 5.40. The highest BCUT2D eigenvalue weighted by molar-refractivity contribution is 7.14. The maximum absolute atomic E-state index is 13.6. The fourth-order valence-electron chi connectivity index (χ4n) is 4.55. The highest BCUT2D eigenvalue weighted by atomic mass is 35.5. The molecule has 0 aliphatic carbocycles. The summed E-state index contributed by atoms with van der Waals surface area (Å²) >= 11 is 7.33. The zero-order chi connectivity index (χ0) is 30.0. The van der Waals surface area contributed by atoms with Crippen molar-refractivity contribution in [2.75, 3.05) is 19.5 Å². The van der Waals surface area contributed by atoms with Gasteiger partial charge in [0.2, 0.25) is 0 Å². The number of hydrogen-bond acceptors (Lipinski definition) is 8. The Labute approximate surface area is 250 Å². The van der Waals surface area contributed by atoms with Crippen molar-refractivity contribution < 1.29 is 23.8 Å². The molecule has 0 aliphatic heterocycles. The van der Waals surface area contributed by atoms with Gasteiger partial charge in [-0.2, -0.15) is 0 Å². The molecule has 0 aliphatic rings. The lowest BCUT2D eigenvalue weighted by Gasteiger charge is -2.18. The van der Waals surface area contributed by atoms with E-state index in [9.17, 15) is 14.4 Å². The summed E-state index contributed by atoms with van der Waals surface area (Å²) in [4.78, 5) is 44.3. The normalized spacial score (nSPS) is 11.6. The summed E-state index contributed by atoms with van der Waals surface area (Å²) in [7, 11) is 4.60. The number of pyridine rings is 1. The van der Waals surface area contributed by atoms with Crippen molar-refractivity contribution in [1.82, 2.24) is 9.55 Å². The minimum Gasteiger partial charge on any atom is -0.493 e. The van der Waals surface area contributed by atoms with Gasteiger partial charge < -0.3 is 18.8 Å². The molecule has 0 spiro atoms. The molecule has 0 bridgehead atoms. The number of methoxy groups -OCH3 is 2. The van der Waals surface area contributed by atoms with Crippen LogP contribution in [0.1, 0.15) is 17.4 Å². The van der Waals surface area contributed by atoms with Crippen LogP contribution in [0.2, 0.25) is 5.02 Å². The Kier molecular flexibility index (Phi) is 8.28. The Bertz CT molecular complexity index is 1870. The number of nitrogens with zero attached hydrogens (tertiary/aromatic N) is 2. The number of nitrogens with one attached hydrogen (secondary N) is 1. The molecule has 5 aromatic rings. The molecule has 42 heavy (non-hydrogen) atoms. The maximum atomic E-state index is 13.6. The summed E-state index contributed by atoms with van der Waals surface area (Å²) in [5.74, 6) is -0.257. The minimum absolute atomic E-state index is 0.0191. The number of aromatic nitrogens is 2. The zero-order valence-electron chi connectivity index (χ0n) is 23.1. The summed E-state index contributed by atoms with van der Waals surface area (Å²) in [5, 5.41) is 6.37. The SMILES string of the molecule is COc1ccc(-c2csc(NC(=O)C(C)OC(=O)c3c(-c4ccc(Cl)cc4)c4ccccc4c(=O)n3C)n2)cc1OC. The smallest absolute Gasteiger partial charge is 0.356 e. The summed E-state index contributed by atoms with van der Waals surface area (Å²) < 4.78 is 17.5. The molecule has 1 N–H and O–H groups in total. The molecule has 3 aromatic carbocycles. The second kappa shape index (κ2) is 12.1. The molecule has 2 heterocycles. The van der Waals surface area contributed by atoms with Gasteiger partial charge in [0.05, 0.1) is 19.9 Å². The molecule has 9 nitrogen and oxygen atoms in total. The number of amides is 1. The van der Waals surface area contributed by atoms with E-state index in [1.54, 1.807) is 80.3 Å². The number of ether oxygens (including phenoxy) is 3.